The molecule has 0 bridgehead atoms. The molecule has 0 radical (unpaired) electrons. The van der Waals surface area contributed by atoms with Crippen LogP contribution in [0.1, 0.15) is 30.2 Å². The lowest BCUT2D eigenvalue weighted by atomic mass is 9.90. The van der Waals surface area contributed by atoms with E-state index >= 15 is 0 Å². The number of ether oxygens (including phenoxy) is 1. The number of carbonyl (C=O) groups excluding carboxylic acids is 1. The summed E-state index contributed by atoms with van der Waals surface area (Å²) in [6.45, 7) is 0.156. The number of nitrogens with zero attached hydrogens (tertiary/aromatic N) is 2. The summed E-state index contributed by atoms with van der Waals surface area (Å²) >= 11 is 0. The fourth-order valence-corrected chi connectivity index (χ4v) is 3.31. The summed E-state index contributed by atoms with van der Waals surface area (Å²) in [6.07, 6.45) is 3.02. The minimum atomic E-state index is 0.0120. The van der Waals surface area contributed by atoms with Crippen LogP contribution in [0, 0.1) is 0 Å². The summed E-state index contributed by atoms with van der Waals surface area (Å²) in [5.41, 5.74) is 4.18. The van der Waals surface area contributed by atoms with E-state index in [4.69, 9.17) is 9.72 Å². The van der Waals surface area contributed by atoms with E-state index in [1.807, 2.05) is 31.3 Å². The van der Waals surface area contributed by atoms with E-state index in [0.29, 0.717) is 0 Å². The second-order valence-electron chi connectivity index (χ2n) is 5.48. The van der Waals surface area contributed by atoms with Crippen LogP contribution in [0.3, 0.4) is 0 Å². The van der Waals surface area contributed by atoms with Crippen molar-refractivity contribution in [3.8, 4) is 0 Å². The summed E-state index contributed by atoms with van der Waals surface area (Å²) in [4.78, 5) is 18.7. The number of benzene rings is 1. The van der Waals surface area contributed by atoms with Gasteiger partial charge in [0.1, 0.15) is 6.61 Å². The number of amides is 1. The van der Waals surface area contributed by atoms with Gasteiger partial charge in [0, 0.05) is 23.7 Å². The van der Waals surface area contributed by atoms with Gasteiger partial charge in [-0.1, -0.05) is 18.2 Å². The number of hydrogen-bond acceptors (Lipinski definition) is 3. The molecule has 1 aromatic heterocycles. The predicted molar refractivity (Wildman–Crippen MR) is 76.8 cm³/mol. The Morgan fingerprint density at radius 3 is 3.10 bits per heavy atom. The zero-order valence-electron chi connectivity index (χ0n) is 11.4. The molecule has 0 saturated carbocycles. The maximum Gasteiger partial charge on any atom is 0.252 e. The summed E-state index contributed by atoms with van der Waals surface area (Å²) in [7, 11) is 1.84. The SMILES string of the molecule is CN1C(=O)COC2CCCc3nc4ccccc4c1c32. The first-order valence-electron chi connectivity index (χ1n) is 7.05. The topological polar surface area (TPSA) is 42.4 Å². The van der Waals surface area contributed by atoms with Gasteiger partial charge in [0.15, 0.2) is 0 Å². The molecule has 20 heavy (non-hydrogen) atoms. The van der Waals surface area contributed by atoms with Crippen LogP contribution in [0.15, 0.2) is 24.3 Å². The maximum atomic E-state index is 12.2. The summed E-state index contributed by atoms with van der Waals surface area (Å²) < 4.78 is 5.81. The van der Waals surface area contributed by atoms with Crippen molar-refractivity contribution in [1.29, 1.82) is 0 Å². The second-order valence-corrected chi connectivity index (χ2v) is 5.48. The molecule has 1 amide bonds. The summed E-state index contributed by atoms with van der Waals surface area (Å²) in [6, 6.07) is 8.04. The Hall–Kier alpha value is -1.94. The van der Waals surface area contributed by atoms with Crippen molar-refractivity contribution in [2.75, 3.05) is 18.6 Å². The zero-order valence-corrected chi connectivity index (χ0v) is 11.4. The maximum absolute atomic E-state index is 12.2. The Kier molecular flexibility index (Phi) is 2.54. The highest BCUT2D eigenvalue weighted by Gasteiger charge is 2.33. The van der Waals surface area contributed by atoms with Crippen LogP contribution in [0.4, 0.5) is 5.69 Å². The van der Waals surface area contributed by atoms with Crippen molar-refractivity contribution in [3.05, 3.63) is 35.5 Å². The fraction of sp³-hybridized carbons (Fsp3) is 0.375. The molecule has 1 atom stereocenters. The number of fused-ring (bicyclic) bond motifs is 2. The van der Waals surface area contributed by atoms with Crippen molar-refractivity contribution < 1.29 is 9.53 Å². The highest BCUT2D eigenvalue weighted by Crippen LogP contribution is 2.43. The van der Waals surface area contributed by atoms with Crippen LogP contribution in [0.25, 0.3) is 10.9 Å². The highest BCUT2D eigenvalue weighted by atomic mass is 16.5. The van der Waals surface area contributed by atoms with Gasteiger partial charge in [-0.05, 0) is 25.3 Å². The molecule has 4 nitrogen and oxygen atoms in total. The molecule has 0 N–H and O–H groups in total. The summed E-state index contributed by atoms with van der Waals surface area (Å²) in [5.74, 6) is 0.0120. The third-order valence-corrected chi connectivity index (χ3v) is 4.30. The van der Waals surface area contributed by atoms with Crippen molar-refractivity contribution >= 4 is 22.5 Å². The number of para-hydroxylation sites is 1. The van der Waals surface area contributed by atoms with Crippen LogP contribution < -0.4 is 4.90 Å². The third kappa shape index (κ3) is 1.58. The van der Waals surface area contributed by atoms with E-state index in [1.165, 1.54) is 0 Å². The molecule has 1 aromatic carbocycles. The Bertz CT molecular complexity index is 711. The molecule has 1 unspecified atom stereocenters. The standard InChI is InChI=1S/C16H16N2O2/c1-18-14(19)9-20-13-8-4-7-12-15(13)16(18)10-5-2-3-6-11(10)17-12/h2-3,5-6,13H,4,7-9H2,1H3. The quantitative estimate of drug-likeness (QED) is 0.737. The lowest BCUT2D eigenvalue weighted by Crippen LogP contribution is -2.28. The number of likely N-dealkylation sites (N-methyl/N-ethyl adjacent to an activating group) is 1. The van der Waals surface area contributed by atoms with E-state index in [-0.39, 0.29) is 18.6 Å². The molecule has 2 aliphatic rings. The first kappa shape index (κ1) is 11.9. The number of carbonyl (C=O) groups is 1. The average Bonchev–Trinajstić information content (AvgIpc) is 2.61. The number of rotatable bonds is 0. The van der Waals surface area contributed by atoms with Gasteiger partial charge < -0.3 is 9.64 Å². The molecular weight excluding hydrogens is 252 g/mol. The number of aromatic nitrogens is 1. The highest BCUT2D eigenvalue weighted by molar-refractivity contribution is 6.05. The molecule has 1 aliphatic heterocycles. The lowest BCUT2D eigenvalue weighted by molar-refractivity contribution is -0.124. The Labute approximate surface area is 117 Å². The van der Waals surface area contributed by atoms with Gasteiger partial charge in [0.05, 0.1) is 17.3 Å². The predicted octanol–water partition coefficient (Wildman–Crippen LogP) is 2.61. The molecule has 4 rings (SSSR count). The van der Waals surface area contributed by atoms with E-state index in [2.05, 4.69) is 0 Å². The van der Waals surface area contributed by atoms with Gasteiger partial charge in [-0.25, -0.2) is 0 Å². The van der Waals surface area contributed by atoms with Crippen LogP contribution >= 0.6 is 0 Å². The van der Waals surface area contributed by atoms with Crippen LogP contribution in [-0.2, 0) is 16.0 Å². The number of pyridine rings is 1. The smallest absolute Gasteiger partial charge is 0.252 e. The Balaban J connectivity index is 2.11. The molecule has 0 saturated heterocycles. The van der Waals surface area contributed by atoms with Gasteiger partial charge in [-0.15, -0.1) is 0 Å². The number of anilines is 1. The fourth-order valence-electron chi connectivity index (χ4n) is 3.31. The van der Waals surface area contributed by atoms with E-state index in [9.17, 15) is 4.79 Å². The van der Waals surface area contributed by atoms with Crippen molar-refractivity contribution in [2.24, 2.45) is 0 Å². The second kappa shape index (κ2) is 4.28. The normalized spacial score (nSPS) is 21.8. The van der Waals surface area contributed by atoms with Crippen LogP contribution in [0.2, 0.25) is 0 Å². The van der Waals surface area contributed by atoms with Crippen molar-refractivity contribution in [3.63, 3.8) is 0 Å². The van der Waals surface area contributed by atoms with Gasteiger partial charge in [0.25, 0.3) is 5.91 Å². The molecule has 0 fully saturated rings. The monoisotopic (exact) mass is 268 g/mol. The molecule has 102 valence electrons. The van der Waals surface area contributed by atoms with E-state index in [0.717, 1.165) is 47.1 Å². The molecule has 0 spiro atoms. The van der Waals surface area contributed by atoms with Gasteiger partial charge in [-0.2, -0.15) is 0 Å². The molecule has 1 aliphatic carbocycles. The third-order valence-electron chi connectivity index (χ3n) is 4.30. The van der Waals surface area contributed by atoms with E-state index < -0.39 is 0 Å². The van der Waals surface area contributed by atoms with E-state index in [1.54, 1.807) is 4.90 Å². The Morgan fingerprint density at radius 1 is 1.35 bits per heavy atom. The average molecular weight is 268 g/mol. The van der Waals surface area contributed by atoms with Crippen molar-refractivity contribution in [1.82, 2.24) is 4.98 Å². The molecule has 2 heterocycles. The molecular formula is C16H16N2O2. The number of aryl methyl sites for hydroxylation is 1. The van der Waals surface area contributed by atoms with Gasteiger partial charge in [-0.3, -0.25) is 9.78 Å². The first-order valence-corrected chi connectivity index (χ1v) is 7.05. The molecule has 2 aromatic rings. The minimum absolute atomic E-state index is 0.0120. The zero-order chi connectivity index (χ0) is 13.7. The summed E-state index contributed by atoms with van der Waals surface area (Å²) in [5, 5.41) is 1.04. The van der Waals surface area contributed by atoms with Crippen molar-refractivity contribution in [2.45, 2.75) is 25.4 Å². The van der Waals surface area contributed by atoms with Gasteiger partial charge in [0.2, 0.25) is 0 Å². The number of hydrogen-bond donors (Lipinski definition) is 0. The van der Waals surface area contributed by atoms with Crippen LogP contribution in [0.5, 0.6) is 0 Å². The molecule has 4 heteroatoms. The Morgan fingerprint density at radius 2 is 2.20 bits per heavy atom. The van der Waals surface area contributed by atoms with Crippen LogP contribution in [-0.4, -0.2) is 24.5 Å². The largest absolute Gasteiger partial charge is 0.364 e. The minimum Gasteiger partial charge on any atom is -0.364 e. The van der Waals surface area contributed by atoms with Gasteiger partial charge >= 0.3 is 0 Å². The first-order chi connectivity index (χ1) is 9.75. The lowest BCUT2D eigenvalue weighted by Gasteiger charge is -2.27.